The first-order chi connectivity index (χ1) is 4.97. The molecule has 0 atom stereocenters. The summed E-state index contributed by atoms with van der Waals surface area (Å²) in [5.74, 6) is 0. The van der Waals surface area contributed by atoms with Crippen molar-refractivity contribution in [3.63, 3.8) is 0 Å². The van der Waals surface area contributed by atoms with Gasteiger partial charge in [0.05, 0.1) is 11.7 Å². The molecule has 0 spiro atoms. The van der Waals surface area contributed by atoms with Gasteiger partial charge < -0.3 is 0 Å². The van der Waals surface area contributed by atoms with Gasteiger partial charge in [0.2, 0.25) is 0 Å². The molecule has 0 aliphatic heterocycles. The number of fused-ring (bicyclic) bond motifs is 1. The van der Waals surface area contributed by atoms with Crippen LogP contribution >= 0.6 is 11.7 Å². The van der Waals surface area contributed by atoms with Crippen molar-refractivity contribution in [2.45, 2.75) is 6.42 Å². The van der Waals surface area contributed by atoms with E-state index in [1.807, 2.05) is 12.2 Å². The number of hydrogen-bond donors (Lipinski definition) is 0. The van der Waals surface area contributed by atoms with Crippen LogP contribution in [0.4, 0.5) is 0 Å². The first-order valence-corrected chi connectivity index (χ1v) is 3.85. The highest BCUT2D eigenvalue weighted by Gasteiger charge is 2.01. The third-order valence-electron chi connectivity index (χ3n) is 1.36. The molecule has 0 radical (unpaired) electrons. The maximum absolute atomic E-state index is 4.11. The topological polar surface area (TPSA) is 25.8 Å². The van der Waals surface area contributed by atoms with Crippen molar-refractivity contribution in [1.82, 2.24) is 8.75 Å². The third kappa shape index (κ3) is 0.885. The second-order valence-electron chi connectivity index (χ2n) is 2.08. The summed E-state index contributed by atoms with van der Waals surface area (Å²) in [5.41, 5.74) is 2.00. The molecule has 0 saturated carbocycles. The Kier molecular flexibility index (Phi) is 1.36. The molecule has 0 saturated heterocycles. The Hall–Kier alpha value is -0.960. The Balaban J connectivity index is 2.56. The maximum atomic E-state index is 4.11. The van der Waals surface area contributed by atoms with Crippen LogP contribution in [0.5, 0.6) is 0 Å². The Morgan fingerprint density at radius 2 is 1.70 bits per heavy atom. The molecule has 1 aromatic heterocycles. The molecule has 0 unspecified atom stereocenters. The lowest BCUT2D eigenvalue weighted by Gasteiger charge is -1.80. The van der Waals surface area contributed by atoms with E-state index in [2.05, 4.69) is 20.9 Å². The molecule has 0 amide bonds. The molecule has 1 aliphatic rings. The molecule has 2 nitrogen and oxygen atoms in total. The second kappa shape index (κ2) is 2.34. The molecule has 0 aromatic carbocycles. The predicted octanol–water partition coefficient (Wildman–Crippen LogP) is 1.97. The van der Waals surface area contributed by atoms with Gasteiger partial charge in [-0.05, 0) is 18.6 Å². The average Bonchev–Trinajstić information content (AvgIpc) is 2.28. The van der Waals surface area contributed by atoms with Crippen LogP contribution in [0.1, 0.15) is 17.8 Å². The number of nitrogens with zero attached hydrogens (tertiary/aromatic N) is 2. The number of rotatable bonds is 0. The van der Waals surface area contributed by atoms with Crippen LogP contribution in [0.3, 0.4) is 0 Å². The summed E-state index contributed by atoms with van der Waals surface area (Å²) in [6, 6.07) is 0. The zero-order valence-corrected chi connectivity index (χ0v) is 6.14. The zero-order valence-electron chi connectivity index (χ0n) is 5.32. The van der Waals surface area contributed by atoms with Crippen LogP contribution in [0, 0.1) is 0 Å². The molecule has 10 heavy (non-hydrogen) atoms. The summed E-state index contributed by atoms with van der Waals surface area (Å²) >= 11 is 1.26. The zero-order chi connectivity index (χ0) is 6.81. The van der Waals surface area contributed by atoms with Crippen molar-refractivity contribution in [3.8, 4) is 0 Å². The molecule has 1 heterocycles. The minimum absolute atomic E-state index is 0.989. The van der Waals surface area contributed by atoms with E-state index in [1.165, 1.54) is 11.7 Å². The molecule has 2 rings (SSSR count). The fourth-order valence-corrected chi connectivity index (χ4v) is 1.40. The van der Waals surface area contributed by atoms with Crippen LogP contribution in [-0.4, -0.2) is 8.75 Å². The average molecular weight is 150 g/mol. The van der Waals surface area contributed by atoms with E-state index in [-0.39, 0.29) is 0 Å². The number of aromatic nitrogens is 2. The Labute approximate surface area is 63.2 Å². The van der Waals surface area contributed by atoms with Gasteiger partial charge in [0.1, 0.15) is 11.4 Å². The van der Waals surface area contributed by atoms with Crippen LogP contribution in [0.2, 0.25) is 0 Å². The molecule has 50 valence electrons. The van der Waals surface area contributed by atoms with Gasteiger partial charge >= 0.3 is 0 Å². The summed E-state index contributed by atoms with van der Waals surface area (Å²) in [5, 5.41) is 0. The second-order valence-corrected chi connectivity index (χ2v) is 2.60. The first kappa shape index (κ1) is 5.80. The molecule has 0 N–H and O–H groups in total. The Morgan fingerprint density at radius 1 is 1.10 bits per heavy atom. The predicted molar refractivity (Wildman–Crippen MR) is 42.6 cm³/mol. The summed E-state index contributed by atoms with van der Waals surface area (Å²) < 4.78 is 8.22. The van der Waals surface area contributed by atoms with Crippen molar-refractivity contribution in [2.75, 3.05) is 0 Å². The SMILES string of the molecule is C1=Cc2nsnc2C=CC1. The van der Waals surface area contributed by atoms with Crippen molar-refractivity contribution in [3.05, 3.63) is 23.5 Å². The third-order valence-corrected chi connectivity index (χ3v) is 1.92. The standard InChI is InChI=1S/C7H6N2S/c1-2-4-6-7(5-3-1)9-10-8-6/h2-5H,1H2. The van der Waals surface area contributed by atoms with Gasteiger partial charge in [-0.25, -0.2) is 0 Å². The number of hydrogen-bond acceptors (Lipinski definition) is 3. The highest BCUT2D eigenvalue weighted by atomic mass is 32.1. The van der Waals surface area contributed by atoms with E-state index in [0.717, 1.165) is 17.8 Å². The normalized spacial score (nSPS) is 14.8. The smallest absolute Gasteiger partial charge is 0.104 e. The molecule has 1 aliphatic carbocycles. The Bertz CT molecular complexity index is 259. The lowest BCUT2D eigenvalue weighted by Crippen LogP contribution is -1.73. The molecule has 0 bridgehead atoms. The summed E-state index contributed by atoms with van der Waals surface area (Å²) in [4.78, 5) is 0. The highest BCUT2D eigenvalue weighted by Crippen LogP contribution is 2.13. The number of allylic oxidation sites excluding steroid dienone is 2. The van der Waals surface area contributed by atoms with Gasteiger partial charge in [-0.1, -0.05) is 12.2 Å². The Morgan fingerprint density at radius 3 is 2.30 bits per heavy atom. The summed E-state index contributed by atoms with van der Waals surface area (Å²) in [6.45, 7) is 0. The summed E-state index contributed by atoms with van der Waals surface area (Å²) in [6.07, 6.45) is 9.19. The monoisotopic (exact) mass is 150 g/mol. The lowest BCUT2D eigenvalue weighted by molar-refractivity contribution is 1.43. The van der Waals surface area contributed by atoms with Gasteiger partial charge in [0, 0.05) is 0 Å². The van der Waals surface area contributed by atoms with Crippen LogP contribution in [0.25, 0.3) is 12.2 Å². The van der Waals surface area contributed by atoms with E-state index >= 15 is 0 Å². The van der Waals surface area contributed by atoms with E-state index in [4.69, 9.17) is 0 Å². The van der Waals surface area contributed by atoms with Crippen LogP contribution in [-0.2, 0) is 0 Å². The van der Waals surface area contributed by atoms with Crippen LogP contribution in [0.15, 0.2) is 12.2 Å². The van der Waals surface area contributed by atoms with E-state index in [1.54, 1.807) is 0 Å². The quantitative estimate of drug-likeness (QED) is 0.565. The van der Waals surface area contributed by atoms with Crippen molar-refractivity contribution < 1.29 is 0 Å². The van der Waals surface area contributed by atoms with Crippen molar-refractivity contribution in [2.24, 2.45) is 0 Å². The molecule has 1 aromatic rings. The van der Waals surface area contributed by atoms with Crippen molar-refractivity contribution >= 4 is 23.9 Å². The first-order valence-electron chi connectivity index (χ1n) is 3.12. The molecule has 0 fully saturated rings. The summed E-state index contributed by atoms with van der Waals surface area (Å²) in [7, 11) is 0. The van der Waals surface area contributed by atoms with Gasteiger partial charge in [0.15, 0.2) is 0 Å². The highest BCUT2D eigenvalue weighted by molar-refractivity contribution is 6.99. The lowest BCUT2D eigenvalue weighted by atomic mass is 10.3. The van der Waals surface area contributed by atoms with Crippen LogP contribution < -0.4 is 0 Å². The van der Waals surface area contributed by atoms with Crippen molar-refractivity contribution in [1.29, 1.82) is 0 Å². The van der Waals surface area contributed by atoms with E-state index in [9.17, 15) is 0 Å². The fraction of sp³-hybridized carbons (Fsp3) is 0.143. The maximum Gasteiger partial charge on any atom is 0.104 e. The van der Waals surface area contributed by atoms with Gasteiger partial charge in [0.25, 0.3) is 0 Å². The largest absolute Gasteiger partial charge is 0.173 e. The van der Waals surface area contributed by atoms with E-state index in [0.29, 0.717) is 0 Å². The molecular weight excluding hydrogens is 144 g/mol. The van der Waals surface area contributed by atoms with Gasteiger partial charge in [-0.3, -0.25) is 0 Å². The van der Waals surface area contributed by atoms with E-state index < -0.39 is 0 Å². The van der Waals surface area contributed by atoms with Gasteiger partial charge in [-0.15, -0.1) is 0 Å². The molecule has 3 heteroatoms. The fourth-order valence-electron chi connectivity index (χ4n) is 0.871. The molecular formula is C7H6N2S. The minimum atomic E-state index is 0.989. The minimum Gasteiger partial charge on any atom is -0.173 e. The van der Waals surface area contributed by atoms with Gasteiger partial charge in [-0.2, -0.15) is 8.75 Å².